The number of amides is 3. The van der Waals surface area contributed by atoms with Gasteiger partial charge in [-0.05, 0) is 36.5 Å². The number of nitrogens with zero attached hydrogens (tertiary/aromatic N) is 1. The third-order valence-corrected chi connectivity index (χ3v) is 7.45. The lowest BCUT2D eigenvalue weighted by atomic mass is 10.0. The summed E-state index contributed by atoms with van der Waals surface area (Å²) in [6, 6.07) is 12.0. The van der Waals surface area contributed by atoms with Crippen LogP contribution in [-0.2, 0) is 36.8 Å². The van der Waals surface area contributed by atoms with E-state index < -0.39 is 53.8 Å². The lowest BCUT2D eigenvalue weighted by molar-refractivity contribution is -0.143. The number of carbonyl (C=O) groups excluding carboxylic acids is 3. The van der Waals surface area contributed by atoms with Crippen LogP contribution >= 0.6 is 0 Å². The SMILES string of the molecule is NC(CCC(=O)O)C(=O)N1CCCC1C(=O)NC(Cc1c[nH]c2ccccc12)C(=O)NC(Cc1ccccc1)C(=O)O. The number of nitrogens with one attached hydrogen (secondary N) is 3. The molecule has 3 amide bonds. The molecule has 4 rings (SSSR count). The zero-order valence-corrected chi connectivity index (χ0v) is 23.0. The number of H-pyrrole nitrogens is 1. The molecule has 12 heteroatoms. The monoisotopic (exact) mass is 577 g/mol. The van der Waals surface area contributed by atoms with Crippen LogP contribution in [-0.4, -0.2) is 80.5 Å². The number of likely N-dealkylation sites (tertiary alicyclic amines) is 1. The number of aromatic nitrogens is 1. The first-order valence-electron chi connectivity index (χ1n) is 13.8. The number of hydrogen-bond acceptors (Lipinski definition) is 6. The second-order valence-corrected chi connectivity index (χ2v) is 10.4. The number of carbonyl (C=O) groups is 5. The van der Waals surface area contributed by atoms with Gasteiger partial charge >= 0.3 is 11.9 Å². The van der Waals surface area contributed by atoms with E-state index in [1.54, 1.807) is 36.5 Å². The molecule has 1 saturated heterocycles. The van der Waals surface area contributed by atoms with E-state index in [1.165, 1.54) is 4.90 Å². The summed E-state index contributed by atoms with van der Waals surface area (Å²) in [4.78, 5) is 67.5. The highest BCUT2D eigenvalue weighted by Crippen LogP contribution is 2.22. The van der Waals surface area contributed by atoms with E-state index >= 15 is 0 Å². The van der Waals surface area contributed by atoms with Crippen molar-refractivity contribution in [2.75, 3.05) is 6.54 Å². The molecule has 1 aromatic heterocycles. The number of para-hydroxylation sites is 1. The van der Waals surface area contributed by atoms with Crippen molar-refractivity contribution >= 4 is 40.6 Å². The first-order valence-corrected chi connectivity index (χ1v) is 13.8. The van der Waals surface area contributed by atoms with E-state index in [1.807, 2.05) is 24.3 Å². The molecule has 2 aromatic carbocycles. The van der Waals surface area contributed by atoms with Gasteiger partial charge in [0.2, 0.25) is 17.7 Å². The van der Waals surface area contributed by atoms with Crippen LogP contribution in [0.1, 0.15) is 36.8 Å². The fourth-order valence-electron chi connectivity index (χ4n) is 5.24. The zero-order valence-electron chi connectivity index (χ0n) is 23.0. The van der Waals surface area contributed by atoms with E-state index in [2.05, 4.69) is 15.6 Å². The van der Waals surface area contributed by atoms with Gasteiger partial charge in [0.15, 0.2) is 0 Å². The molecule has 222 valence electrons. The molecule has 4 atom stereocenters. The van der Waals surface area contributed by atoms with Crippen molar-refractivity contribution in [1.29, 1.82) is 0 Å². The number of aliphatic carboxylic acids is 2. The van der Waals surface area contributed by atoms with Crippen LogP contribution in [0, 0.1) is 0 Å². The molecule has 1 aliphatic heterocycles. The predicted octanol–water partition coefficient (Wildman–Crippen LogP) is 1.19. The van der Waals surface area contributed by atoms with Gasteiger partial charge in [-0.3, -0.25) is 19.2 Å². The van der Waals surface area contributed by atoms with Crippen molar-refractivity contribution in [3.8, 4) is 0 Å². The van der Waals surface area contributed by atoms with Crippen molar-refractivity contribution in [3.63, 3.8) is 0 Å². The van der Waals surface area contributed by atoms with Gasteiger partial charge in [-0.1, -0.05) is 48.5 Å². The molecule has 3 aromatic rings. The minimum absolute atomic E-state index is 0.0504. The highest BCUT2D eigenvalue weighted by molar-refractivity contribution is 5.95. The largest absolute Gasteiger partial charge is 0.481 e. The van der Waals surface area contributed by atoms with E-state index in [9.17, 15) is 29.1 Å². The zero-order chi connectivity index (χ0) is 30.2. The highest BCUT2D eigenvalue weighted by Gasteiger charge is 2.38. The molecule has 12 nitrogen and oxygen atoms in total. The van der Waals surface area contributed by atoms with Gasteiger partial charge in [-0.2, -0.15) is 0 Å². The molecule has 4 unspecified atom stereocenters. The Kier molecular flexibility index (Phi) is 9.92. The highest BCUT2D eigenvalue weighted by atomic mass is 16.4. The number of rotatable bonds is 13. The van der Waals surface area contributed by atoms with E-state index in [0.717, 1.165) is 22.0 Å². The number of benzene rings is 2. The van der Waals surface area contributed by atoms with Gasteiger partial charge in [0, 0.05) is 42.9 Å². The molecule has 42 heavy (non-hydrogen) atoms. The van der Waals surface area contributed by atoms with E-state index in [0.29, 0.717) is 12.8 Å². The molecule has 7 N–H and O–H groups in total. The summed E-state index contributed by atoms with van der Waals surface area (Å²) >= 11 is 0. The van der Waals surface area contributed by atoms with Crippen LogP contribution in [0.25, 0.3) is 10.9 Å². The summed E-state index contributed by atoms with van der Waals surface area (Å²) in [5.74, 6) is -4.06. The Bertz CT molecular complexity index is 1440. The first kappa shape index (κ1) is 30.3. The standard InChI is InChI=1S/C30H35N5O7/c31-21(12-13-26(36)37)29(40)35-14-6-11-25(35)28(39)33-23(16-19-17-32-22-10-5-4-9-20(19)22)27(38)34-24(30(41)42)15-18-7-2-1-3-8-18/h1-5,7-10,17,21,23-25,32H,6,11-16,31H2,(H,33,39)(H,34,38)(H,36,37)(H,41,42). The van der Waals surface area contributed by atoms with E-state index in [-0.39, 0.29) is 32.2 Å². The van der Waals surface area contributed by atoms with Crippen molar-refractivity contribution < 1.29 is 34.2 Å². The maximum Gasteiger partial charge on any atom is 0.326 e. The van der Waals surface area contributed by atoms with Crippen LogP contribution in [0.2, 0.25) is 0 Å². The summed E-state index contributed by atoms with van der Waals surface area (Å²) in [5.41, 5.74) is 8.25. The summed E-state index contributed by atoms with van der Waals surface area (Å²) < 4.78 is 0. The average Bonchev–Trinajstić information content (AvgIpc) is 3.63. The minimum Gasteiger partial charge on any atom is -0.481 e. The molecule has 0 bridgehead atoms. The number of fused-ring (bicyclic) bond motifs is 1. The number of aromatic amines is 1. The third kappa shape index (κ3) is 7.52. The Hall–Kier alpha value is -4.71. The molecule has 0 saturated carbocycles. The Morgan fingerprint density at radius 2 is 1.67 bits per heavy atom. The molecule has 1 fully saturated rings. The Morgan fingerprint density at radius 3 is 2.38 bits per heavy atom. The maximum atomic E-state index is 13.6. The Balaban J connectivity index is 1.53. The number of carboxylic acids is 2. The summed E-state index contributed by atoms with van der Waals surface area (Å²) in [6.45, 7) is 0.273. The molecule has 1 aliphatic rings. The Labute approximate surface area is 242 Å². The Morgan fingerprint density at radius 1 is 0.952 bits per heavy atom. The third-order valence-electron chi connectivity index (χ3n) is 7.45. The van der Waals surface area contributed by atoms with Crippen LogP contribution in [0.5, 0.6) is 0 Å². The fourth-order valence-corrected chi connectivity index (χ4v) is 5.24. The average molecular weight is 578 g/mol. The summed E-state index contributed by atoms with van der Waals surface area (Å²) in [7, 11) is 0. The predicted molar refractivity (Wildman–Crippen MR) is 153 cm³/mol. The molecule has 2 heterocycles. The second kappa shape index (κ2) is 13.8. The van der Waals surface area contributed by atoms with Crippen molar-refractivity contribution in [3.05, 3.63) is 71.9 Å². The van der Waals surface area contributed by atoms with Gasteiger partial charge in [0.05, 0.1) is 6.04 Å². The first-order chi connectivity index (χ1) is 20.1. The maximum absolute atomic E-state index is 13.6. The molecule has 0 spiro atoms. The van der Waals surface area contributed by atoms with Crippen LogP contribution < -0.4 is 16.4 Å². The summed E-state index contributed by atoms with van der Waals surface area (Å²) in [5, 5.41) is 25.0. The lowest BCUT2D eigenvalue weighted by Gasteiger charge is -2.28. The van der Waals surface area contributed by atoms with Gasteiger partial charge < -0.3 is 36.5 Å². The van der Waals surface area contributed by atoms with Gasteiger partial charge in [0.1, 0.15) is 18.1 Å². The van der Waals surface area contributed by atoms with Gasteiger partial charge in [-0.25, -0.2) is 4.79 Å². The fraction of sp³-hybridized carbons (Fsp3) is 0.367. The molecule has 0 aliphatic carbocycles. The van der Waals surface area contributed by atoms with E-state index in [4.69, 9.17) is 10.8 Å². The van der Waals surface area contributed by atoms with Crippen molar-refractivity contribution in [2.45, 2.75) is 62.7 Å². The quantitative estimate of drug-likeness (QED) is 0.174. The number of hydrogen-bond donors (Lipinski definition) is 6. The lowest BCUT2D eigenvalue weighted by Crippen LogP contribution is -2.57. The second-order valence-electron chi connectivity index (χ2n) is 10.4. The topological polar surface area (TPSA) is 195 Å². The van der Waals surface area contributed by atoms with Crippen LogP contribution in [0.3, 0.4) is 0 Å². The van der Waals surface area contributed by atoms with Gasteiger partial charge in [-0.15, -0.1) is 0 Å². The smallest absolute Gasteiger partial charge is 0.326 e. The van der Waals surface area contributed by atoms with Crippen molar-refractivity contribution in [1.82, 2.24) is 20.5 Å². The summed E-state index contributed by atoms with van der Waals surface area (Å²) in [6.07, 6.45) is 2.39. The van der Waals surface area contributed by atoms with Crippen LogP contribution in [0.15, 0.2) is 60.8 Å². The molecular weight excluding hydrogens is 542 g/mol. The normalized spacial score (nSPS) is 16.9. The number of nitrogens with two attached hydrogens (primary N) is 1. The molecule has 0 radical (unpaired) electrons. The van der Waals surface area contributed by atoms with Crippen molar-refractivity contribution in [2.24, 2.45) is 5.73 Å². The molecular formula is C30H35N5O7. The van der Waals surface area contributed by atoms with Gasteiger partial charge in [0.25, 0.3) is 0 Å². The minimum atomic E-state index is -1.24. The van der Waals surface area contributed by atoms with Crippen LogP contribution in [0.4, 0.5) is 0 Å². The number of carboxylic acid groups (broad SMARTS) is 2.